The van der Waals surface area contributed by atoms with Crippen LogP contribution in [0.25, 0.3) is 0 Å². The first-order valence-electron chi connectivity index (χ1n) is 15.3. The van der Waals surface area contributed by atoms with Gasteiger partial charge < -0.3 is 14.2 Å². The third kappa shape index (κ3) is 8.84. The van der Waals surface area contributed by atoms with E-state index in [1.807, 2.05) is 0 Å². The molecule has 2 aliphatic rings. The standard InChI is InChI=1S/C34H46O5/c1-3-5-7-9-25-10-11-29-24-32(21-16-28(29)23-25)39-34(36)27-14-19-31(20-15-27)38-33(35)26-12-17-30(18-13-26)37-22-8-6-4-2/h12-15,17-20,25,28-29,32H,3-11,16,21-24H2,1-2H3. The predicted molar refractivity (Wildman–Crippen MR) is 154 cm³/mol. The Kier molecular flexibility index (Phi) is 11.3. The zero-order chi connectivity index (χ0) is 27.5. The topological polar surface area (TPSA) is 61.8 Å². The number of benzene rings is 2. The molecular weight excluding hydrogens is 488 g/mol. The van der Waals surface area contributed by atoms with Gasteiger partial charge in [0.25, 0.3) is 0 Å². The minimum atomic E-state index is -0.445. The van der Waals surface area contributed by atoms with Crippen molar-refractivity contribution in [3.63, 3.8) is 0 Å². The highest BCUT2D eigenvalue weighted by Crippen LogP contribution is 2.44. The zero-order valence-corrected chi connectivity index (χ0v) is 23.9. The number of hydrogen-bond donors (Lipinski definition) is 0. The number of carbonyl (C=O) groups is 2. The van der Waals surface area contributed by atoms with E-state index in [0.717, 1.165) is 49.7 Å². The van der Waals surface area contributed by atoms with Gasteiger partial charge in [0.05, 0.1) is 17.7 Å². The summed E-state index contributed by atoms with van der Waals surface area (Å²) < 4.78 is 17.1. The first kappa shape index (κ1) is 29.2. The minimum Gasteiger partial charge on any atom is -0.494 e. The fourth-order valence-electron chi connectivity index (χ4n) is 6.27. The van der Waals surface area contributed by atoms with Crippen LogP contribution in [0.3, 0.4) is 0 Å². The molecule has 0 radical (unpaired) electrons. The molecule has 0 heterocycles. The highest BCUT2D eigenvalue weighted by Gasteiger charge is 2.36. The van der Waals surface area contributed by atoms with Gasteiger partial charge in [0.15, 0.2) is 0 Å². The molecule has 0 bridgehead atoms. The van der Waals surface area contributed by atoms with Gasteiger partial charge in [0.2, 0.25) is 0 Å². The van der Waals surface area contributed by atoms with Crippen LogP contribution in [0.4, 0.5) is 0 Å². The Morgan fingerprint density at radius 3 is 2.03 bits per heavy atom. The maximum Gasteiger partial charge on any atom is 0.343 e. The van der Waals surface area contributed by atoms with E-state index in [-0.39, 0.29) is 12.1 Å². The summed E-state index contributed by atoms with van der Waals surface area (Å²) in [7, 11) is 0. The average Bonchev–Trinajstić information content (AvgIpc) is 2.96. The summed E-state index contributed by atoms with van der Waals surface area (Å²) in [4.78, 5) is 25.4. The summed E-state index contributed by atoms with van der Waals surface area (Å²) in [5.74, 6) is 2.81. The van der Waals surface area contributed by atoms with Crippen LogP contribution in [-0.4, -0.2) is 24.6 Å². The smallest absolute Gasteiger partial charge is 0.343 e. The van der Waals surface area contributed by atoms with Crippen molar-refractivity contribution in [3.05, 3.63) is 59.7 Å². The predicted octanol–water partition coefficient (Wildman–Crippen LogP) is 8.80. The summed E-state index contributed by atoms with van der Waals surface area (Å²) in [6.45, 7) is 5.11. The monoisotopic (exact) mass is 534 g/mol. The van der Waals surface area contributed by atoms with Crippen molar-refractivity contribution >= 4 is 11.9 Å². The maximum atomic E-state index is 12.8. The van der Waals surface area contributed by atoms with Crippen LogP contribution in [0.5, 0.6) is 11.5 Å². The molecule has 5 heteroatoms. The van der Waals surface area contributed by atoms with Crippen LogP contribution in [-0.2, 0) is 4.74 Å². The van der Waals surface area contributed by atoms with Crippen LogP contribution in [0, 0.1) is 17.8 Å². The molecule has 39 heavy (non-hydrogen) atoms. The highest BCUT2D eigenvalue weighted by molar-refractivity contribution is 5.92. The van der Waals surface area contributed by atoms with Crippen molar-refractivity contribution in [2.75, 3.05) is 6.61 Å². The third-order valence-corrected chi connectivity index (χ3v) is 8.57. The van der Waals surface area contributed by atoms with Crippen molar-refractivity contribution in [2.24, 2.45) is 17.8 Å². The fraction of sp³-hybridized carbons (Fsp3) is 0.588. The molecule has 0 amide bonds. The van der Waals surface area contributed by atoms with Gasteiger partial charge in [-0.3, -0.25) is 0 Å². The Morgan fingerprint density at radius 2 is 1.31 bits per heavy atom. The van der Waals surface area contributed by atoms with Crippen molar-refractivity contribution in [1.82, 2.24) is 0 Å². The van der Waals surface area contributed by atoms with Crippen LogP contribution < -0.4 is 9.47 Å². The number of hydrogen-bond acceptors (Lipinski definition) is 5. The van der Waals surface area contributed by atoms with Crippen molar-refractivity contribution in [1.29, 1.82) is 0 Å². The van der Waals surface area contributed by atoms with E-state index in [1.165, 1.54) is 51.4 Å². The van der Waals surface area contributed by atoms with E-state index in [2.05, 4.69) is 13.8 Å². The molecule has 4 rings (SSSR count). The molecule has 4 atom stereocenters. The van der Waals surface area contributed by atoms with E-state index >= 15 is 0 Å². The molecule has 0 aromatic heterocycles. The first-order valence-corrected chi connectivity index (χ1v) is 15.3. The van der Waals surface area contributed by atoms with Gasteiger partial charge in [-0.1, -0.05) is 58.8 Å². The quantitative estimate of drug-likeness (QED) is 0.146. The van der Waals surface area contributed by atoms with Crippen LogP contribution >= 0.6 is 0 Å². The molecular formula is C34H46O5. The normalized spacial score (nSPS) is 22.5. The Bertz CT molecular complexity index is 1030. The number of esters is 2. The fourth-order valence-corrected chi connectivity index (χ4v) is 6.27. The summed E-state index contributed by atoms with van der Waals surface area (Å²) in [5, 5.41) is 0. The van der Waals surface area contributed by atoms with Gasteiger partial charge in [-0.25, -0.2) is 9.59 Å². The lowest BCUT2D eigenvalue weighted by Gasteiger charge is -2.42. The maximum absolute atomic E-state index is 12.8. The van der Waals surface area contributed by atoms with E-state index in [4.69, 9.17) is 14.2 Å². The van der Waals surface area contributed by atoms with Gasteiger partial charge in [-0.2, -0.15) is 0 Å². The second-order valence-corrected chi connectivity index (χ2v) is 11.5. The number of rotatable bonds is 13. The van der Waals surface area contributed by atoms with E-state index < -0.39 is 5.97 Å². The van der Waals surface area contributed by atoms with Crippen molar-refractivity contribution in [2.45, 2.75) is 103 Å². The largest absolute Gasteiger partial charge is 0.494 e. The summed E-state index contributed by atoms with van der Waals surface area (Å²) >= 11 is 0. The second-order valence-electron chi connectivity index (χ2n) is 11.5. The van der Waals surface area contributed by atoms with Gasteiger partial charge in [0, 0.05) is 0 Å². The van der Waals surface area contributed by atoms with Gasteiger partial charge >= 0.3 is 11.9 Å². The van der Waals surface area contributed by atoms with Crippen molar-refractivity contribution in [3.8, 4) is 11.5 Å². The Hall–Kier alpha value is -2.82. The van der Waals surface area contributed by atoms with Gasteiger partial charge in [0.1, 0.15) is 17.6 Å². The van der Waals surface area contributed by atoms with Gasteiger partial charge in [-0.15, -0.1) is 0 Å². The highest BCUT2D eigenvalue weighted by atomic mass is 16.5. The molecule has 0 spiro atoms. The third-order valence-electron chi connectivity index (χ3n) is 8.57. The number of fused-ring (bicyclic) bond motifs is 1. The van der Waals surface area contributed by atoms with Crippen LogP contribution in [0.1, 0.15) is 118 Å². The number of carbonyl (C=O) groups excluding carboxylic acids is 2. The molecule has 2 fully saturated rings. The Balaban J connectivity index is 1.20. The summed E-state index contributed by atoms with van der Waals surface area (Å²) in [6.07, 6.45) is 15.9. The molecule has 212 valence electrons. The average molecular weight is 535 g/mol. The van der Waals surface area contributed by atoms with Crippen molar-refractivity contribution < 1.29 is 23.8 Å². The molecule has 2 aromatic carbocycles. The van der Waals surface area contributed by atoms with Gasteiger partial charge in [-0.05, 0) is 105 Å². The number of ether oxygens (including phenoxy) is 3. The van der Waals surface area contributed by atoms with E-state index in [1.54, 1.807) is 48.5 Å². The minimum absolute atomic E-state index is 0.00601. The first-order chi connectivity index (χ1) is 19.1. The lowest BCUT2D eigenvalue weighted by Crippen LogP contribution is -2.35. The molecule has 2 aromatic rings. The van der Waals surface area contributed by atoms with Crippen LogP contribution in [0.15, 0.2) is 48.5 Å². The Labute approximate surface area is 234 Å². The Morgan fingerprint density at radius 1 is 0.692 bits per heavy atom. The lowest BCUT2D eigenvalue weighted by molar-refractivity contribution is -0.00628. The molecule has 5 nitrogen and oxygen atoms in total. The number of unbranched alkanes of at least 4 members (excludes halogenated alkanes) is 4. The molecule has 0 aliphatic heterocycles. The molecule has 2 aliphatic carbocycles. The second kappa shape index (κ2) is 15.1. The molecule has 0 N–H and O–H groups in total. The molecule has 0 saturated heterocycles. The molecule has 4 unspecified atom stereocenters. The lowest BCUT2D eigenvalue weighted by atomic mass is 9.66. The van der Waals surface area contributed by atoms with E-state index in [0.29, 0.717) is 29.4 Å². The van der Waals surface area contributed by atoms with Crippen LogP contribution in [0.2, 0.25) is 0 Å². The van der Waals surface area contributed by atoms with E-state index in [9.17, 15) is 9.59 Å². The SMILES string of the molecule is CCCCCOc1ccc(C(=O)Oc2ccc(C(=O)OC3CCC4CC(CCCCC)CCC4C3)cc2)cc1. The summed E-state index contributed by atoms with van der Waals surface area (Å²) in [6, 6.07) is 13.6. The zero-order valence-electron chi connectivity index (χ0n) is 23.9. The molecule has 2 saturated carbocycles. The summed E-state index contributed by atoms with van der Waals surface area (Å²) in [5.41, 5.74) is 0.936.